The second-order valence-corrected chi connectivity index (χ2v) is 13.8. The number of amides is 2. The molecule has 4 rings (SSSR count). The fourth-order valence-electron chi connectivity index (χ4n) is 5.07. The summed E-state index contributed by atoms with van der Waals surface area (Å²) in [5, 5.41) is 3.07. The summed E-state index contributed by atoms with van der Waals surface area (Å²) < 4.78 is 30.5. The number of benzene rings is 4. The van der Waals surface area contributed by atoms with Crippen LogP contribution in [0.4, 0.5) is 5.69 Å². The van der Waals surface area contributed by atoms with Crippen molar-refractivity contribution in [2.45, 2.75) is 63.6 Å². The zero-order valence-electron chi connectivity index (χ0n) is 25.9. The standard InChI is InChI=1S/C36H40BrN3O4S/c1-4-27(3)38-36(42)34(24-28-14-8-6-9-15-28)39(25-29-20-22-31(37)23-21-29)35(41)26-40(33-19-13-12-16-30(33)5-2)45(43,44)32-17-10-7-11-18-32/h6-23,27,34H,4-5,24-26H2,1-3H3,(H,38,42). The van der Waals surface area contributed by atoms with E-state index < -0.39 is 28.5 Å². The molecule has 9 heteroatoms. The topological polar surface area (TPSA) is 86.8 Å². The SMILES string of the molecule is CCc1ccccc1N(CC(=O)N(Cc1ccc(Br)cc1)C(Cc1ccccc1)C(=O)NC(C)CC)S(=O)(=O)c1ccccc1. The van der Waals surface area contributed by atoms with Crippen LogP contribution in [0.1, 0.15) is 43.9 Å². The number of rotatable bonds is 14. The summed E-state index contributed by atoms with van der Waals surface area (Å²) in [6, 6.07) is 31.4. The average molecular weight is 691 g/mol. The van der Waals surface area contributed by atoms with Gasteiger partial charge in [0.15, 0.2) is 0 Å². The van der Waals surface area contributed by atoms with Crippen LogP contribution in [0.3, 0.4) is 0 Å². The summed E-state index contributed by atoms with van der Waals surface area (Å²) in [6.45, 7) is 5.50. The molecular weight excluding hydrogens is 650 g/mol. The van der Waals surface area contributed by atoms with Gasteiger partial charge in [0.1, 0.15) is 12.6 Å². The van der Waals surface area contributed by atoms with Crippen LogP contribution in [0.25, 0.3) is 0 Å². The second kappa shape index (κ2) is 15.9. The molecule has 7 nitrogen and oxygen atoms in total. The lowest BCUT2D eigenvalue weighted by molar-refractivity contribution is -0.140. The van der Waals surface area contributed by atoms with Crippen LogP contribution in [-0.2, 0) is 39.0 Å². The van der Waals surface area contributed by atoms with E-state index in [9.17, 15) is 18.0 Å². The van der Waals surface area contributed by atoms with Gasteiger partial charge in [0.2, 0.25) is 11.8 Å². The number of halogens is 1. The number of anilines is 1. The molecule has 236 valence electrons. The van der Waals surface area contributed by atoms with E-state index in [1.165, 1.54) is 21.3 Å². The molecule has 0 saturated heterocycles. The highest BCUT2D eigenvalue weighted by molar-refractivity contribution is 9.10. The Balaban J connectivity index is 1.82. The average Bonchev–Trinajstić information content (AvgIpc) is 3.06. The Morgan fingerprint density at radius 3 is 2.02 bits per heavy atom. The van der Waals surface area contributed by atoms with Gasteiger partial charge in [0.25, 0.3) is 10.0 Å². The van der Waals surface area contributed by atoms with E-state index >= 15 is 0 Å². The fraction of sp³-hybridized carbons (Fsp3) is 0.278. The van der Waals surface area contributed by atoms with Crippen molar-refractivity contribution in [1.82, 2.24) is 10.2 Å². The lowest BCUT2D eigenvalue weighted by atomic mass is 10.0. The molecule has 2 unspecified atom stereocenters. The normalized spacial score (nSPS) is 12.6. The van der Waals surface area contributed by atoms with Gasteiger partial charge in [-0.05, 0) is 66.8 Å². The molecule has 4 aromatic carbocycles. The molecule has 0 radical (unpaired) electrons. The van der Waals surface area contributed by atoms with Crippen LogP contribution in [0.2, 0.25) is 0 Å². The Labute approximate surface area is 275 Å². The second-order valence-electron chi connectivity index (χ2n) is 11.0. The summed E-state index contributed by atoms with van der Waals surface area (Å²) in [5.74, 6) is -0.770. The third kappa shape index (κ3) is 8.83. The highest BCUT2D eigenvalue weighted by atomic mass is 79.9. The number of nitrogens with one attached hydrogen (secondary N) is 1. The molecule has 0 heterocycles. The van der Waals surface area contributed by atoms with E-state index in [1.54, 1.807) is 30.3 Å². The van der Waals surface area contributed by atoms with Crippen molar-refractivity contribution in [1.29, 1.82) is 0 Å². The van der Waals surface area contributed by atoms with Crippen molar-refractivity contribution < 1.29 is 18.0 Å². The van der Waals surface area contributed by atoms with Gasteiger partial charge in [-0.1, -0.05) is 109 Å². The summed E-state index contributed by atoms with van der Waals surface area (Å²) >= 11 is 3.47. The molecule has 45 heavy (non-hydrogen) atoms. The zero-order valence-corrected chi connectivity index (χ0v) is 28.3. The van der Waals surface area contributed by atoms with Gasteiger partial charge < -0.3 is 10.2 Å². The van der Waals surface area contributed by atoms with Gasteiger partial charge >= 0.3 is 0 Å². The van der Waals surface area contributed by atoms with E-state index in [0.29, 0.717) is 12.1 Å². The number of hydrogen-bond acceptors (Lipinski definition) is 4. The molecule has 0 aliphatic rings. The Bertz CT molecular complexity index is 1670. The van der Waals surface area contributed by atoms with Gasteiger partial charge in [-0.25, -0.2) is 8.42 Å². The van der Waals surface area contributed by atoms with Gasteiger partial charge in [-0.3, -0.25) is 13.9 Å². The number of carbonyl (C=O) groups excluding carboxylic acids is 2. The Morgan fingerprint density at radius 2 is 1.40 bits per heavy atom. The maximum atomic E-state index is 14.6. The van der Waals surface area contributed by atoms with Gasteiger partial charge in [0, 0.05) is 23.5 Å². The quantitative estimate of drug-likeness (QED) is 0.159. The predicted molar refractivity (Wildman–Crippen MR) is 183 cm³/mol. The largest absolute Gasteiger partial charge is 0.352 e. The van der Waals surface area contributed by atoms with Gasteiger partial charge in [0.05, 0.1) is 10.6 Å². The molecule has 0 saturated carbocycles. The van der Waals surface area contributed by atoms with E-state index in [2.05, 4.69) is 21.2 Å². The first-order valence-corrected chi connectivity index (χ1v) is 17.4. The van der Waals surface area contributed by atoms with Gasteiger partial charge in [-0.2, -0.15) is 0 Å². The van der Waals surface area contributed by atoms with Crippen molar-refractivity contribution in [2.24, 2.45) is 0 Å². The van der Waals surface area contributed by atoms with Crippen LogP contribution in [0, 0.1) is 0 Å². The molecule has 2 atom stereocenters. The summed E-state index contributed by atoms with van der Waals surface area (Å²) in [6.07, 6.45) is 1.56. The molecule has 2 amide bonds. The minimum absolute atomic E-state index is 0.0820. The first-order chi connectivity index (χ1) is 21.6. The first-order valence-electron chi connectivity index (χ1n) is 15.2. The van der Waals surface area contributed by atoms with Crippen LogP contribution < -0.4 is 9.62 Å². The Morgan fingerprint density at radius 1 is 0.800 bits per heavy atom. The van der Waals surface area contributed by atoms with Crippen molar-refractivity contribution in [3.63, 3.8) is 0 Å². The molecule has 1 N–H and O–H groups in total. The minimum Gasteiger partial charge on any atom is -0.352 e. The lowest BCUT2D eigenvalue weighted by Gasteiger charge is -2.34. The van der Waals surface area contributed by atoms with Crippen molar-refractivity contribution in [3.8, 4) is 0 Å². The van der Waals surface area contributed by atoms with E-state index in [-0.39, 0.29) is 29.8 Å². The van der Waals surface area contributed by atoms with E-state index in [0.717, 1.165) is 27.6 Å². The molecular formula is C36H40BrN3O4S. The molecule has 0 aromatic heterocycles. The maximum Gasteiger partial charge on any atom is 0.264 e. The number of nitrogens with zero attached hydrogens (tertiary/aromatic N) is 2. The zero-order chi connectivity index (χ0) is 32.4. The third-order valence-electron chi connectivity index (χ3n) is 7.79. The Kier molecular flexibility index (Phi) is 12.0. The molecule has 0 aliphatic carbocycles. The minimum atomic E-state index is -4.14. The highest BCUT2D eigenvalue weighted by Crippen LogP contribution is 2.28. The van der Waals surface area contributed by atoms with Crippen LogP contribution >= 0.6 is 15.9 Å². The number of aryl methyl sites for hydroxylation is 1. The smallest absolute Gasteiger partial charge is 0.264 e. The number of carbonyl (C=O) groups is 2. The van der Waals surface area contributed by atoms with Crippen LogP contribution in [0.5, 0.6) is 0 Å². The van der Waals surface area contributed by atoms with E-state index in [4.69, 9.17) is 0 Å². The number of sulfonamides is 1. The van der Waals surface area contributed by atoms with Crippen molar-refractivity contribution in [3.05, 3.63) is 130 Å². The molecule has 0 aliphatic heterocycles. The highest BCUT2D eigenvalue weighted by Gasteiger charge is 2.35. The van der Waals surface area contributed by atoms with Gasteiger partial charge in [-0.15, -0.1) is 0 Å². The molecule has 0 spiro atoms. The first kappa shape index (κ1) is 33.9. The number of para-hydroxylation sites is 1. The summed E-state index contributed by atoms with van der Waals surface area (Å²) in [7, 11) is -4.14. The maximum absolute atomic E-state index is 14.6. The lowest BCUT2D eigenvalue weighted by Crippen LogP contribution is -2.54. The molecule has 4 aromatic rings. The molecule has 0 fully saturated rings. The fourth-order valence-corrected chi connectivity index (χ4v) is 6.81. The predicted octanol–water partition coefficient (Wildman–Crippen LogP) is 6.76. The Hall–Kier alpha value is -3.95. The van der Waals surface area contributed by atoms with Crippen LogP contribution in [-0.4, -0.2) is 43.8 Å². The molecule has 0 bridgehead atoms. The van der Waals surface area contributed by atoms with Crippen molar-refractivity contribution in [2.75, 3.05) is 10.8 Å². The van der Waals surface area contributed by atoms with Crippen molar-refractivity contribution >= 4 is 43.5 Å². The summed E-state index contributed by atoms with van der Waals surface area (Å²) in [5.41, 5.74) is 2.93. The van der Waals surface area contributed by atoms with E-state index in [1.807, 2.05) is 87.5 Å². The summed E-state index contributed by atoms with van der Waals surface area (Å²) in [4.78, 5) is 30.1. The monoisotopic (exact) mass is 689 g/mol. The van der Waals surface area contributed by atoms with Crippen LogP contribution in [0.15, 0.2) is 119 Å². The third-order valence-corrected chi connectivity index (χ3v) is 10.1. The number of hydrogen-bond donors (Lipinski definition) is 1.